The first-order chi connectivity index (χ1) is 15.0. The minimum absolute atomic E-state index is 0.178. The zero-order chi connectivity index (χ0) is 22.0. The lowest BCUT2D eigenvalue weighted by atomic mass is 10.2. The van der Waals surface area contributed by atoms with Crippen molar-refractivity contribution in [1.82, 2.24) is 9.78 Å². The summed E-state index contributed by atoms with van der Waals surface area (Å²) >= 11 is 1.43. The minimum Gasteiger partial charge on any atom is -0.492 e. The minimum atomic E-state index is -0.178. The number of amides is 1. The Hall–Kier alpha value is -2.78. The van der Waals surface area contributed by atoms with Crippen LogP contribution in [0.4, 0.5) is 11.4 Å². The number of rotatable bonds is 7. The van der Waals surface area contributed by atoms with Gasteiger partial charge in [0.2, 0.25) is 0 Å². The third-order valence-electron chi connectivity index (χ3n) is 5.18. The fourth-order valence-electron chi connectivity index (χ4n) is 3.75. The Kier molecular flexibility index (Phi) is 6.33. The Labute approximate surface area is 185 Å². The lowest BCUT2D eigenvalue weighted by molar-refractivity contribution is 0.103. The number of carbonyl (C=O) groups excluding carboxylic acids is 1. The quantitative estimate of drug-likeness (QED) is 0.597. The number of hydrogen-bond donors (Lipinski definition) is 1. The molecule has 2 aromatic heterocycles. The second-order valence-corrected chi connectivity index (χ2v) is 8.30. The van der Waals surface area contributed by atoms with Crippen molar-refractivity contribution >= 4 is 38.8 Å². The van der Waals surface area contributed by atoms with Gasteiger partial charge in [0, 0.05) is 37.7 Å². The number of ether oxygens (including phenoxy) is 3. The number of thiophene rings is 1. The summed E-state index contributed by atoms with van der Waals surface area (Å²) in [7, 11) is 1.89. The second-order valence-electron chi connectivity index (χ2n) is 7.27. The van der Waals surface area contributed by atoms with Crippen molar-refractivity contribution in [2.24, 2.45) is 7.05 Å². The maximum absolute atomic E-state index is 13.1. The van der Waals surface area contributed by atoms with Crippen molar-refractivity contribution in [3.8, 4) is 11.5 Å². The van der Waals surface area contributed by atoms with Crippen molar-refractivity contribution in [2.45, 2.75) is 20.8 Å². The summed E-state index contributed by atoms with van der Waals surface area (Å²) in [6.45, 7) is 9.77. The molecule has 1 fully saturated rings. The summed E-state index contributed by atoms with van der Waals surface area (Å²) in [5, 5.41) is 8.43. The molecule has 4 rings (SSSR count). The third-order valence-corrected chi connectivity index (χ3v) is 6.38. The van der Waals surface area contributed by atoms with Crippen LogP contribution in [0.3, 0.4) is 0 Å². The molecule has 0 bridgehead atoms. The van der Waals surface area contributed by atoms with E-state index in [1.54, 1.807) is 0 Å². The van der Waals surface area contributed by atoms with E-state index in [1.165, 1.54) is 11.3 Å². The molecule has 1 aliphatic heterocycles. The highest BCUT2D eigenvalue weighted by molar-refractivity contribution is 7.20. The highest BCUT2D eigenvalue weighted by Gasteiger charge is 2.22. The van der Waals surface area contributed by atoms with Crippen molar-refractivity contribution in [3.63, 3.8) is 0 Å². The van der Waals surface area contributed by atoms with Crippen molar-refractivity contribution < 1.29 is 19.0 Å². The van der Waals surface area contributed by atoms with Gasteiger partial charge in [0.1, 0.15) is 16.3 Å². The number of anilines is 2. The van der Waals surface area contributed by atoms with E-state index < -0.39 is 0 Å². The van der Waals surface area contributed by atoms with Gasteiger partial charge < -0.3 is 24.4 Å². The van der Waals surface area contributed by atoms with Crippen LogP contribution in [0.1, 0.15) is 29.2 Å². The van der Waals surface area contributed by atoms with Crippen LogP contribution in [0, 0.1) is 6.92 Å². The zero-order valence-corrected chi connectivity index (χ0v) is 19.2. The number of fused-ring (bicyclic) bond motifs is 1. The van der Waals surface area contributed by atoms with Crippen LogP contribution in [-0.2, 0) is 11.8 Å². The van der Waals surface area contributed by atoms with E-state index >= 15 is 0 Å². The normalized spacial score (nSPS) is 14.1. The first kappa shape index (κ1) is 21.5. The molecule has 1 aliphatic rings. The molecule has 1 aromatic carbocycles. The molecule has 9 heteroatoms. The molecule has 0 atom stereocenters. The summed E-state index contributed by atoms with van der Waals surface area (Å²) in [4.78, 5) is 16.9. The third kappa shape index (κ3) is 4.33. The summed E-state index contributed by atoms with van der Waals surface area (Å²) in [5.41, 5.74) is 2.46. The van der Waals surface area contributed by atoms with Crippen LogP contribution in [0.2, 0.25) is 0 Å². The molecule has 0 radical (unpaired) electrons. The number of nitrogens with zero attached hydrogens (tertiary/aromatic N) is 3. The molecule has 166 valence electrons. The molecule has 1 N–H and O–H groups in total. The topological polar surface area (TPSA) is 77.8 Å². The van der Waals surface area contributed by atoms with Gasteiger partial charge in [0.25, 0.3) is 5.91 Å². The van der Waals surface area contributed by atoms with E-state index in [-0.39, 0.29) is 5.91 Å². The fraction of sp³-hybridized carbons (Fsp3) is 0.455. The van der Waals surface area contributed by atoms with E-state index in [2.05, 4.69) is 15.3 Å². The molecule has 0 spiro atoms. The van der Waals surface area contributed by atoms with E-state index in [9.17, 15) is 4.79 Å². The van der Waals surface area contributed by atoms with Gasteiger partial charge in [0.05, 0.1) is 48.4 Å². The number of benzene rings is 1. The van der Waals surface area contributed by atoms with Crippen molar-refractivity contribution in [2.75, 3.05) is 49.7 Å². The maximum atomic E-state index is 13.1. The summed E-state index contributed by atoms with van der Waals surface area (Å²) in [5.74, 6) is 1.17. The molecule has 0 aliphatic carbocycles. The maximum Gasteiger partial charge on any atom is 0.265 e. The standard InChI is InChI=1S/C22H28N4O4S/c1-5-29-18-13-17(26-7-9-28-10-8-26)19(30-6-2)12-16(18)23-21(27)20-11-15-14(3)24-25(4)22(15)31-20/h11-13H,5-10H2,1-4H3,(H,23,27). The van der Waals surface area contributed by atoms with Gasteiger partial charge in [-0.25, -0.2) is 0 Å². The second kappa shape index (κ2) is 9.15. The first-order valence-electron chi connectivity index (χ1n) is 10.5. The smallest absolute Gasteiger partial charge is 0.265 e. The van der Waals surface area contributed by atoms with Gasteiger partial charge in [-0.1, -0.05) is 0 Å². The molecule has 0 saturated carbocycles. The van der Waals surface area contributed by atoms with E-state index in [4.69, 9.17) is 14.2 Å². The van der Waals surface area contributed by atoms with E-state index in [0.29, 0.717) is 42.7 Å². The summed E-state index contributed by atoms with van der Waals surface area (Å²) in [6.07, 6.45) is 0. The first-order valence-corrected chi connectivity index (χ1v) is 11.3. The molecule has 8 nitrogen and oxygen atoms in total. The number of morpholine rings is 1. The van der Waals surface area contributed by atoms with Crippen LogP contribution in [0.25, 0.3) is 10.2 Å². The highest BCUT2D eigenvalue weighted by Crippen LogP contribution is 2.40. The molecular weight excluding hydrogens is 416 g/mol. The number of aryl methyl sites for hydroxylation is 2. The Morgan fingerprint density at radius 1 is 1.16 bits per heavy atom. The number of hydrogen-bond acceptors (Lipinski definition) is 7. The van der Waals surface area contributed by atoms with Crippen LogP contribution in [0.15, 0.2) is 18.2 Å². The lowest BCUT2D eigenvalue weighted by Gasteiger charge is -2.31. The SMILES string of the molecule is CCOc1cc(N2CCOCC2)c(OCC)cc1NC(=O)c1cc2c(C)nn(C)c2s1. The molecule has 1 amide bonds. The Balaban J connectivity index is 1.67. The monoisotopic (exact) mass is 444 g/mol. The Morgan fingerprint density at radius 2 is 1.87 bits per heavy atom. The average molecular weight is 445 g/mol. The largest absolute Gasteiger partial charge is 0.492 e. The van der Waals surface area contributed by atoms with Gasteiger partial charge >= 0.3 is 0 Å². The number of nitrogens with one attached hydrogen (secondary N) is 1. The predicted molar refractivity (Wildman–Crippen MR) is 123 cm³/mol. The number of carbonyl (C=O) groups is 1. The van der Waals surface area contributed by atoms with Gasteiger partial charge in [0.15, 0.2) is 0 Å². The molecule has 3 aromatic rings. The molecular formula is C22H28N4O4S. The molecule has 31 heavy (non-hydrogen) atoms. The van der Waals surface area contributed by atoms with Crippen LogP contribution < -0.4 is 19.7 Å². The van der Waals surface area contributed by atoms with Gasteiger partial charge in [-0.15, -0.1) is 11.3 Å². The number of aromatic nitrogens is 2. The van der Waals surface area contributed by atoms with Crippen molar-refractivity contribution in [1.29, 1.82) is 0 Å². The Bertz CT molecular complexity index is 1050. The van der Waals surface area contributed by atoms with Crippen LogP contribution in [-0.4, -0.2) is 55.2 Å². The van der Waals surface area contributed by atoms with Gasteiger partial charge in [-0.05, 0) is 26.8 Å². The summed E-state index contributed by atoms with van der Waals surface area (Å²) in [6, 6.07) is 5.70. The lowest BCUT2D eigenvalue weighted by Crippen LogP contribution is -2.36. The van der Waals surface area contributed by atoms with E-state index in [0.717, 1.165) is 40.4 Å². The van der Waals surface area contributed by atoms with Crippen LogP contribution >= 0.6 is 11.3 Å². The zero-order valence-electron chi connectivity index (χ0n) is 18.4. The summed E-state index contributed by atoms with van der Waals surface area (Å²) < 4.78 is 19.1. The average Bonchev–Trinajstić information content (AvgIpc) is 3.32. The molecule has 1 saturated heterocycles. The fourth-order valence-corrected chi connectivity index (χ4v) is 4.76. The van der Waals surface area contributed by atoms with Crippen LogP contribution in [0.5, 0.6) is 11.5 Å². The Morgan fingerprint density at radius 3 is 2.55 bits per heavy atom. The highest BCUT2D eigenvalue weighted by atomic mass is 32.1. The van der Waals surface area contributed by atoms with Crippen molar-refractivity contribution in [3.05, 3.63) is 28.8 Å². The molecule has 0 unspecified atom stereocenters. The molecule has 3 heterocycles. The van der Waals surface area contributed by atoms with Gasteiger partial charge in [-0.3, -0.25) is 9.48 Å². The predicted octanol–water partition coefficient (Wildman–Crippen LogP) is 3.83. The van der Waals surface area contributed by atoms with Gasteiger partial charge in [-0.2, -0.15) is 5.10 Å². The van der Waals surface area contributed by atoms with E-state index in [1.807, 2.05) is 50.7 Å².